The van der Waals surface area contributed by atoms with Gasteiger partial charge in [-0.25, -0.2) is 0 Å². The van der Waals surface area contributed by atoms with Crippen molar-refractivity contribution in [3.63, 3.8) is 0 Å². The van der Waals surface area contributed by atoms with Gasteiger partial charge in [-0.15, -0.1) is 0 Å². The van der Waals surface area contributed by atoms with Gasteiger partial charge in [0.1, 0.15) is 11.5 Å². The minimum absolute atomic E-state index is 0.00835. The van der Waals surface area contributed by atoms with Crippen molar-refractivity contribution in [2.75, 3.05) is 20.8 Å². The third-order valence-corrected chi connectivity index (χ3v) is 6.66. The molecule has 0 saturated carbocycles. The third-order valence-electron chi connectivity index (χ3n) is 6.66. The van der Waals surface area contributed by atoms with Crippen LogP contribution >= 0.6 is 0 Å². The summed E-state index contributed by atoms with van der Waals surface area (Å²) in [7, 11) is 3.20. The molecule has 0 fully saturated rings. The summed E-state index contributed by atoms with van der Waals surface area (Å²) in [5.74, 6) is 0.727. The Morgan fingerprint density at radius 3 is 2.55 bits per heavy atom. The Balaban J connectivity index is 1.51. The molecule has 2 heterocycles. The van der Waals surface area contributed by atoms with Crippen molar-refractivity contribution in [3.05, 3.63) is 94.5 Å². The lowest BCUT2D eigenvalue weighted by Gasteiger charge is -2.45. The first-order valence-electron chi connectivity index (χ1n) is 11.1. The molecule has 0 aromatic heterocycles. The average Bonchev–Trinajstić information content (AvgIpc) is 2.87. The monoisotopic (exact) mass is 442 g/mol. The molecular formula is C27H26N2O4. The number of hydrogen-bond acceptors (Lipinski definition) is 4. The van der Waals surface area contributed by atoms with E-state index in [0.717, 1.165) is 23.1 Å². The van der Waals surface area contributed by atoms with Crippen molar-refractivity contribution < 1.29 is 19.1 Å². The van der Waals surface area contributed by atoms with Gasteiger partial charge < -0.3 is 19.7 Å². The molecule has 5 rings (SSSR count). The highest BCUT2D eigenvalue weighted by Crippen LogP contribution is 2.45. The second-order valence-corrected chi connectivity index (χ2v) is 8.35. The zero-order valence-corrected chi connectivity index (χ0v) is 18.7. The number of ether oxygens (including phenoxy) is 2. The zero-order chi connectivity index (χ0) is 22.9. The van der Waals surface area contributed by atoms with Gasteiger partial charge >= 0.3 is 0 Å². The maximum absolute atomic E-state index is 13.7. The lowest BCUT2D eigenvalue weighted by molar-refractivity contribution is -0.124. The van der Waals surface area contributed by atoms with Crippen LogP contribution in [-0.2, 0) is 17.8 Å². The molecule has 0 spiro atoms. The second kappa shape index (κ2) is 8.62. The standard InChI is InChI=1S/C27H26N2O4/c1-32-19-12-11-18(23(15-19)33-2)16-28-26(30)24-21-9-5-6-10-22(21)27(31)29-14-13-17-7-3-4-8-20(17)25(24)29/h3-12,15,24-25H,13-14,16H2,1-2H3,(H,28,30)/t24-,25-/m0/s1. The fourth-order valence-corrected chi connectivity index (χ4v) is 5.05. The quantitative estimate of drug-likeness (QED) is 0.652. The van der Waals surface area contributed by atoms with E-state index in [9.17, 15) is 9.59 Å². The van der Waals surface area contributed by atoms with Crippen LogP contribution in [0.1, 0.15) is 44.6 Å². The predicted molar refractivity (Wildman–Crippen MR) is 124 cm³/mol. The number of amides is 2. The first-order valence-corrected chi connectivity index (χ1v) is 11.1. The van der Waals surface area contributed by atoms with E-state index < -0.39 is 5.92 Å². The van der Waals surface area contributed by atoms with E-state index in [-0.39, 0.29) is 17.9 Å². The summed E-state index contributed by atoms with van der Waals surface area (Å²) in [6.07, 6.45) is 0.790. The SMILES string of the molecule is COc1ccc(CNC(=O)[C@H]2c3ccccc3C(=O)N3CCc4ccccc4[C@@H]23)c(OC)c1. The van der Waals surface area contributed by atoms with Gasteiger partial charge in [0.15, 0.2) is 0 Å². The Labute approximate surface area is 193 Å². The smallest absolute Gasteiger partial charge is 0.254 e. The molecule has 33 heavy (non-hydrogen) atoms. The Morgan fingerprint density at radius 1 is 1.00 bits per heavy atom. The second-order valence-electron chi connectivity index (χ2n) is 8.35. The van der Waals surface area contributed by atoms with Gasteiger partial charge in [0, 0.05) is 30.3 Å². The van der Waals surface area contributed by atoms with Crippen LogP contribution in [0, 0.1) is 0 Å². The van der Waals surface area contributed by atoms with Gasteiger partial charge in [0.05, 0.1) is 26.2 Å². The van der Waals surface area contributed by atoms with Crippen LogP contribution in [0.5, 0.6) is 11.5 Å². The van der Waals surface area contributed by atoms with E-state index in [1.165, 1.54) is 5.56 Å². The largest absolute Gasteiger partial charge is 0.497 e. The van der Waals surface area contributed by atoms with Crippen LogP contribution in [0.25, 0.3) is 0 Å². The van der Waals surface area contributed by atoms with Crippen LogP contribution < -0.4 is 14.8 Å². The van der Waals surface area contributed by atoms with Crippen molar-refractivity contribution in [3.8, 4) is 11.5 Å². The van der Waals surface area contributed by atoms with E-state index >= 15 is 0 Å². The summed E-state index contributed by atoms with van der Waals surface area (Å²) in [5, 5.41) is 3.10. The Morgan fingerprint density at radius 2 is 1.76 bits per heavy atom. The molecule has 168 valence electrons. The van der Waals surface area contributed by atoms with Crippen LogP contribution in [-0.4, -0.2) is 37.5 Å². The summed E-state index contributed by atoms with van der Waals surface area (Å²) in [6, 6.07) is 20.8. The van der Waals surface area contributed by atoms with Crippen molar-refractivity contribution in [2.45, 2.75) is 24.9 Å². The molecule has 2 aliphatic heterocycles. The molecule has 3 aromatic rings. The van der Waals surface area contributed by atoms with Crippen LogP contribution in [0.15, 0.2) is 66.7 Å². The average molecular weight is 443 g/mol. The molecule has 2 atom stereocenters. The first-order chi connectivity index (χ1) is 16.1. The topological polar surface area (TPSA) is 67.9 Å². The molecule has 1 N–H and O–H groups in total. The van der Waals surface area contributed by atoms with E-state index in [1.54, 1.807) is 20.3 Å². The summed E-state index contributed by atoms with van der Waals surface area (Å²) >= 11 is 0. The lowest BCUT2D eigenvalue weighted by Crippen LogP contribution is -2.50. The Hall–Kier alpha value is -3.80. The predicted octanol–water partition coefficient (Wildman–Crippen LogP) is 3.86. The van der Waals surface area contributed by atoms with E-state index in [2.05, 4.69) is 11.4 Å². The van der Waals surface area contributed by atoms with Crippen LogP contribution in [0.4, 0.5) is 0 Å². The number of rotatable bonds is 5. The maximum atomic E-state index is 13.7. The number of fused-ring (bicyclic) bond motifs is 4. The number of benzene rings is 3. The van der Waals surface area contributed by atoms with Crippen molar-refractivity contribution in [1.82, 2.24) is 10.2 Å². The van der Waals surface area contributed by atoms with Gasteiger partial charge in [0.25, 0.3) is 5.91 Å². The number of methoxy groups -OCH3 is 2. The van der Waals surface area contributed by atoms with Crippen molar-refractivity contribution in [1.29, 1.82) is 0 Å². The highest BCUT2D eigenvalue weighted by molar-refractivity contribution is 6.01. The first kappa shape index (κ1) is 21.1. The highest BCUT2D eigenvalue weighted by Gasteiger charge is 2.46. The zero-order valence-electron chi connectivity index (χ0n) is 18.7. The van der Waals surface area contributed by atoms with Gasteiger partial charge in [-0.3, -0.25) is 9.59 Å². The molecule has 0 radical (unpaired) electrons. The molecular weight excluding hydrogens is 416 g/mol. The summed E-state index contributed by atoms with van der Waals surface area (Å²) in [5.41, 5.74) is 4.48. The normalized spacial score (nSPS) is 18.6. The molecule has 0 bridgehead atoms. The fraction of sp³-hybridized carbons (Fsp3) is 0.259. The molecule has 2 amide bonds. The van der Waals surface area contributed by atoms with Crippen molar-refractivity contribution in [2.24, 2.45) is 0 Å². The molecule has 0 aliphatic carbocycles. The number of nitrogens with zero attached hydrogens (tertiary/aromatic N) is 1. The van der Waals surface area contributed by atoms with Crippen LogP contribution in [0.3, 0.4) is 0 Å². The molecule has 0 unspecified atom stereocenters. The van der Waals surface area contributed by atoms with Crippen molar-refractivity contribution >= 4 is 11.8 Å². The Bertz CT molecular complexity index is 1220. The molecule has 6 nitrogen and oxygen atoms in total. The van der Waals surface area contributed by atoms with Gasteiger partial charge in [0.2, 0.25) is 5.91 Å². The lowest BCUT2D eigenvalue weighted by atomic mass is 9.76. The van der Waals surface area contributed by atoms with Gasteiger partial charge in [-0.05, 0) is 41.3 Å². The summed E-state index contributed by atoms with van der Waals surface area (Å²) in [4.78, 5) is 28.9. The third kappa shape index (κ3) is 3.61. The highest BCUT2D eigenvalue weighted by atomic mass is 16.5. The molecule has 0 saturated heterocycles. The molecule has 2 aliphatic rings. The number of carbonyl (C=O) groups is 2. The Kier molecular flexibility index (Phi) is 5.50. The minimum atomic E-state index is -0.496. The number of nitrogens with one attached hydrogen (secondary N) is 1. The number of carbonyl (C=O) groups excluding carboxylic acids is 2. The summed E-state index contributed by atoms with van der Waals surface area (Å²) < 4.78 is 10.8. The molecule has 6 heteroatoms. The van der Waals surface area contributed by atoms with Gasteiger partial charge in [-0.2, -0.15) is 0 Å². The fourth-order valence-electron chi connectivity index (χ4n) is 5.05. The molecule has 3 aromatic carbocycles. The minimum Gasteiger partial charge on any atom is -0.497 e. The van der Waals surface area contributed by atoms with Crippen LogP contribution in [0.2, 0.25) is 0 Å². The number of hydrogen-bond donors (Lipinski definition) is 1. The van der Waals surface area contributed by atoms with E-state index in [4.69, 9.17) is 9.47 Å². The summed E-state index contributed by atoms with van der Waals surface area (Å²) in [6.45, 7) is 0.915. The maximum Gasteiger partial charge on any atom is 0.254 e. The van der Waals surface area contributed by atoms with E-state index in [1.807, 2.05) is 59.5 Å². The van der Waals surface area contributed by atoms with E-state index in [0.29, 0.717) is 30.2 Å². The van der Waals surface area contributed by atoms with Gasteiger partial charge in [-0.1, -0.05) is 42.5 Å².